The van der Waals surface area contributed by atoms with Gasteiger partial charge in [0, 0.05) is 31.9 Å². The number of ether oxygens (including phenoxy) is 3. The lowest BCUT2D eigenvalue weighted by atomic mass is 10.2. The van der Waals surface area contributed by atoms with E-state index in [4.69, 9.17) is 14.2 Å². The Morgan fingerprint density at radius 1 is 0.900 bits per heavy atom. The normalized spacial score (nSPS) is 13.7. The molecular weight excluding hydrogens is 384 g/mol. The van der Waals surface area contributed by atoms with Crippen molar-refractivity contribution >= 4 is 17.6 Å². The number of carbonyl (C=O) groups excluding carboxylic acids is 2. The van der Waals surface area contributed by atoms with Crippen molar-refractivity contribution in [3.05, 3.63) is 54.1 Å². The summed E-state index contributed by atoms with van der Waals surface area (Å²) in [5, 5.41) is 0. The van der Waals surface area contributed by atoms with Gasteiger partial charge in [-0.25, -0.2) is 4.79 Å². The van der Waals surface area contributed by atoms with Gasteiger partial charge in [0.15, 0.2) is 6.61 Å². The number of carbonyl (C=O) groups is 2. The number of methoxy groups -OCH3 is 1. The van der Waals surface area contributed by atoms with Crippen LogP contribution in [0.15, 0.2) is 48.5 Å². The van der Waals surface area contributed by atoms with Crippen LogP contribution in [-0.4, -0.2) is 63.3 Å². The first-order chi connectivity index (χ1) is 14.6. The zero-order chi connectivity index (χ0) is 21.3. The second kappa shape index (κ2) is 10.5. The minimum Gasteiger partial charge on any atom is -0.497 e. The quantitative estimate of drug-likeness (QED) is 0.621. The molecule has 160 valence electrons. The smallest absolute Gasteiger partial charge is 0.338 e. The second-order valence-corrected chi connectivity index (χ2v) is 7.01. The van der Waals surface area contributed by atoms with Crippen molar-refractivity contribution in [1.29, 1.82) is 0 Å². The Labute approximate surface area is 177 Å². The van der Waals surface area contributed by atoms with Crippen molar-refractivity contribution in [1.82, 2.24) is 4.90 Å². The fraction of sp³-hybridized carbons (Fsp3) is 0.391. The predicted molar refractivity (Wildman–Crippen MR) is 114 cm³/mol. The number of nitrogens with zero attached hydrogens (tertiary/aromatic N) is 2. The molecule has 0 atom stereocenters. The molecule has 30 heavy (non-hydrogen) atoms. The summed E-state index contributed by atoms with van der Waals surface area (Å²) in [5.74, 6) is 0.833. The van der Waals surface area contributed by atoms with E-state index in [9.17, 15) is 9.59 Å². The molecule has 0 bridgehead atoms. The summed E-state index contributed by atoms with van der Waals surface area (Å²) in [7, 11) is 1.64. The van der Waals surface area contributed by atoms with Gasteiger partial charge in [0.1, 0.15) is 11.5 Å². The van der Waals surface area contributed by atoms with E-state index in [2.05, 4.69) is 4.90 Å². The molecule has 1 aliphatic rings. The third-order valence-corrected chi connectivity index (χ3v) is 4.96. The molecule has 0 spiro atoms. The average Bonchev–Trinajstić information content (AvgIpc) is 2.81. The highest BCUT2D eigenvalue weighted by atomic mass is 16.5. The van der Waals surface area contributed by atoms with Crippen LogP contribution >= 0.6 is 0 Å². The number of rotatable bonds is 8. The summed E-state index contributed by atoms with van der Waals surface area (Å²) in [6.45, 7) is 5.04. The van der Waals surface area contributed by atoms with Crippen molar-refractivity contribution in [3.8, 4) is 11.5 Å². The molecule has 1 saturated heterocycles. The highest BCUT2D eigenvalue weighted by Gasteiger charge is 2.22. The van der Waals surface area contributed by atoms with E-state index < -0.39 is 5.97 Å². The summed E-state index contributed by atoms with van der Waals surface area (Å²) in [4.78, 5) is 28.6. The summed E-state index contributed by atoms with van der Waals surface area (Å²) in [6, 6.07) is 14.6. The lowest BCUT2D eigenvalue weighted by Crippen LogP contribution is -2.49. The van der Waals surface area contributed by atoms with Crippen LogP contribution in [0.1, 0.15) is 23.7 Å². The Kier molecular flexibility index (Phi) is 7.54. The van der Waals surface area contributed by atoms with E-state index in [1.807, 2.05) is 31.2 Å². The van der Waals surface area contributed by atoms with Crippen molar-refractivity contribution in [2.45, 2.75) is 13.3 Å². The Hall–Kier alpha value is -3.22. The van der Waals surface area contributed by atoms with E-state index in [-0.39, 0.29) is 12.5 Å². The molecule has 1 heterocycles. The zero-order valence-corrected chi connectivity index (χ0v) is 17.5. The van der Waals surface area contributed by atoms with Crippen molar-refractivity contribution in [3.63, 3.8) is 0 Å². The average molecular weight is 412 g/mol. The van der Waals surface area contributed by atoms with Gasteiger partial charge in [-0.15, -0.1) is 0 Å². The topological polar surface area (TPSA) is 68.3 Å². The molecule has 0 aliphatic carbocycles. The third kappa shape index (κ3) is 5.65. The SMILES string of the molecule is CCCOc1ccc(C(=O)OCC(=O)N2CCN(c3ccc(OC)cc3)CC2)cc1. The van der Waals surface area contributed by atoms with Gasteiger partial charge in [-0.3, -0.25) is 4.79 Å². The summed E-state index contributed by atoms with van der Waals surface area (Å²) < 4.78 is 15.9. The molecule has 0 N–H and O–H groups in total. The fourth-order valence-electron chi connectivity index (χ4n) is 3.22. The highest BCUT2D eigenvalue weighted by molar-refractivity contribution is 5.91. The molecule has 0 unspecified atom stereocenters. The van der Waals surface area contributed by atoms with Crippen LogP contribution < -0.4 is 14.4 Å². The molecule has 1 aliphatic heterocycles. The molecule has 2 aromatic carbocycles. The van der Waals surface area contributed by atoms with E-state index in [1.165, 1.54) is 0 Å². The molecule has 0 aromatic heterocycles. The van der Waals surface area contributed by atoms with Crippen LogP contribution in [-0.2, 0) is 9.53 Å². The number of esters is 1. The minimum absolute atomic E-state index is 0.180. The molecular formula is C23H28N2O5. The largest absolute Gasteiger partial charge is 0.497 e. The van der Waals surface area contributed by atoms with Gasteiger partial charge in [0.2, 0.25) is 0 Å². The van der Waals surface area contributed by atoms with Gasteiger partial charge < -0.3 is 24.0 Å². The summed E-state index contributed by atoms with van der Waals surface area (Å²) >= 11 is 0. The maximum absolute atomic E-state index is 12.4. The van der Waals surface area contributed by atoms with Gasteiger partial charge in [-0.05, 0) is 55.0 Å². The van der Waals surface area contributed by atoms with Crippen LogP contribution in [0.3, 0.4) is 0 Å². The number of piperazine rings is 1. The van der Waals surface area contributed by atoms with Crippen molar-refractivity contribution in [2.24, 2.45) is 0 Å². The van der Waals surface area contributed by atoms with Crippen LogP contribution in [0, 0.1) is 0 Å². The van der Waals surface area contributed by atoms with Crippen LogP contribution in [0.2, 0.25) is 0 Å². The van der Waals surface area contributed by atoms with Gasteiger partial charge >= 0.3 is 5.97 Å². The first-order valence-electron chi connectivity index (χ1n) is 10.2. The standard InChI is InChI=1S/C23H28N2O5/c1-3-16-29-21-8-4-18(5-9-21)23(27)30-17-22(26)25-14-12-24(13-15-25)19-6-10-20(28-2)11-7-19/h4-11H,3,12-17H2,1-2H3. The fourth-order valence-corrected chi connectivity index (χ4v) is 3.22. The number of benzene rings is 2. The Balaban J connectivity index is 1.43. The summed E-state index contributed by atoms with van der Waals surface area (Å²) in [5.41, 5.74) is 1.50. The van der Waals surface area contributed by atoms with E-state index >= 15 is 0 Å². The van der Waals surface area contributed by atoms with Crippen LogP contribution in [0.5, 0.6) is 11.5 Å². The Bertz CT molecular complexity index is 828. The lowest BCUT2D eigenvalue weighted by Gasteiger charge is -2.36. The van der Waals surface area contributed by atoms with Gasteiger partial charge in [0.05, 0.1) is 19.3 Å². The molecule has 0 saturated carbocycles. The van der Waals surface area contributed by atoms with Crippen LogP contribution in [0.25, 0.3) is 0 Å². The van der Waals surface area contributed by atoms with E-state index in [0.29, 0.717) is 31.0 Å². The van der Waals surface area contributed by atoms with Gasteiger partial charge in [-0.1, -0.05) is 6.92 Å². The van der Waals surface area contributed by atoms with Crippen molar-refractivity contribution in [2.75, 3.05) is 51.4 Å². The Morgan fingerprint density at radius 3 is 2.13 bits per heavy atom. The minimum atomic E-state index is -0.512. The monoisotopic (exact) mass is 412 g/mol. The number of hydrogen-bond donors (Lipinski definition) is 0. The Morgan fingerprint density at radius 2 is 1.53 bits per heavy atom. The lowest BCUT2D eigenvalue weighted by molar-refractivity contribution is -0.134. The maximum atomic E-state index is 12.4. The molecule has 2 aromatic rings. The van der Waals surface area contributed by atoms with E-state index in [1.54, 1.807) is 36.3 Å². The van der Waals surface area contributed by atoms with Gasteiger partial charge in [-0.2, -0.15) is 0 Å². The molecule has 7 nitrogen and oxygen atoms in total. The number of hydrogen-bond acceptors (Lipinski definition) is 6. The molecule has 0 radical (unpaired) electrons. The highest BCUT2D eigenvalue weighted by Crippen LogP contribution is 2.20. The van der Waals surface area contributed by atoms with E-state index in [0.717, 1.165) is 30.9 Å². The van der Waals surface area contributed by atoms with Crippen LogP contribution in [0.4, 0.5) is 5.69 Å². The molecule has 1 amide bonds. The third-order valence-electron chi connectivity index (χ3n) is 4.96. The predicted octanol–water partition coefficient (Wildman–Crippen LogP) is 2.99. The zero-order valence-electron chi connectivity index (χ0n) is 17.5. The first-order valence-corrected chi connectivity index (χ1v) is 10.2. The molecule has 3 rings (SSSR count). The number of amides is 1. The first kappa shape index (κ1) is 21.5. The van der Waals surface area contributed by atoms with Gasteiger partial charge in [0.25, 0.3) is 5.91 Å². The summed E-state index contributed by atoms with van der Waals surface area (Å²) in [6.07, 6.45) is 0.917. The molecule has 7 heteroatoms. The molecule has 1 fully saturated rings. The maximum Gasteiger partial charge on any atom is 0.338 e. The number of anilines is 1. The van der Waals surface area contributed by atoms with Crippen molar-refractivity contribution < 1.29 is 23.8 Å². The second-order valence-electron chi connectivity index (χ2n) is 7.01.